The number of benzene rings is 1. The molecule has 2 aromatic rings. The van der Waals surface area contributed by atoms with E-state index in [-0.39, 0.29) is 19.4 Å². The molecule has 5 heteroatoms. The first-order valence-corrected chi connectivity index (χ1v) is 7.78. The molecule has 0 saturated carbocycles. The standard InChI is InChI=1S/C16H14O4S/c17-16(15-7-11-2-1-3-14(11)21-15)18-8-10-4-5-12-13(6-10)20-9-19-12/h4-7H,1-3,8-9H2. The maximum Gasteiger partial charge on any atom is 0.348 e. The largest absolute Gasteiger partial charge is 0.457 e. The van der Waals surface area contributed by atoms with Gasteiger partial charge in [0.1, 0.15) is 11.5 Å². The molecule has 0 amide bonds. The van der Waals surface area contributed by atoms with Gasteiger partial charge < -0.3 is 14.2 Å². The van der Waals surface area contributed by atoms with Gasteiger partial charge in [-0.3, -0.25) is 0 Å². The number of esters is 1. The number of carbonyl (C=O) groups excluding carboxylic acids is 1. The molecule has 108 valence electrons. The summed E-state index contributed by atoms with van der Waals surface area (Å²) in [4.78, 5) is 14.1. The molecule has 2 heterocycles. The van der Waals surface area contributed by atoms with Gasteiger partial charge in [0.25, 0.3) is 0 Å². The first kappa shape index (κ1) is 12.7. The van der Waals surface area contributed by atoms with Crippen molar-refractivity contribution in [3.8, 4) is 11.5 Å². The van der Waals surface area contributed by atoms with Gasteiger partial charge in [-0.15, -0.1) is 11.3 Å². The van der Waals surface area contributed by atoms with Crippen molar-refractivity contribution in [2.75, 3.05) is 6.79 Å². The van der Waals surface area contributed by atoms with E-state index in [1.807, 2.05) is 24.3 Å². The van der Waals surface area contributed by atoms with Crippen LogP contribution < -0.4 is 9.47 Å². The fourth-order valence-electron chi connectivity index (χ4n) is 2.68. The molecule has 1 aromatic heterocycles. The fraction of sp³-hybridized carbons (Fsp3) is 0.312. The quantitative estimate of drug-likeness (QED) is 0.816. The molecule has 0 radical (unpaired) electrons. The zero-order valence-corrected chi connectivity index (χ0v) is 12.2. The average Bonchev–Trinajstić information content (AvgIpc) is 3.18. The van der Waals surface area contributed by atoms with Gasteiger partial charge in [0.2, 0.25) is 6.79 Å². The number of aryl methyl sites for hydroxylation is 2. The molecule has 0 N–H and O–H groups in total. The van der Waals surface area contributed by atoms with Crippen molar-refractivity contribution >= 4 is 17.3 Å². The SMILES string of the molecule is O=C(OCc1ccc2c(c1)OCO2)c1cc2c(s1)CCC2. The Morgan fingerprint density at radius 1 is 1.19 bits per heavy atom. The van der Waals surface area contributed by atoms with Crippen LogP contribution in [0, 0.1) is 0 Å². The van der Waals surface area contributed by atoms with E-state index < -0.39 is 0 Å². The third kappa shape index (κ3) is 2.38. The smallest absolute Gasteiger partial charge is 0.348 e. The zero-order chi connectivity index (χ0) is 14.2. The van der Waals surface area contributed by atoms with Crippen LogP contribution in [0.2, 0.25) is 0 Å². The van der Waals surface area contributed by atoms with Gasteiger partial charge in [0.05, 0.1) is 0 Å². The van der Waals surface area contributed by atoms with E-state index in [0.717, 1.165) is 24.2 Å². The van der Waals surface area contributed by atoms with Crippen LogP contribution in [0.4, 0.5) is 0 Å². The van der Waals surface area contributed by atoms with E-state index in [4.69, 9.17) is 14.2 Å². The molecule has 0 saturated heterocycles. The Labute approximate surface area is 126 Å². The van der Waals surface area contributed by atoms with Crippen molar-refractivity contribution in [1.82, 2.24) is 0 Å². The van der Waals surface area contributed by atoms with Crippen molar-refractivity contribution in [2.45, 2.75) is 25.9 Å². The number of hydrogen-bond acceptors (Lipinski definition) is 5. The lowest BCUT2D eigenvalue weighted by Gasteiger charge is -2.04. The zero-order valence-electron chi connectivity index (χ0n) is 11.4. The highest BCUT2D eigenvalue weighted by Gasteiger charge is 2.19. The van der Waals surface area contributed by atoms with Crippen LogP contribution in [0.3, 0.4) is 0 Å². The minimum atomic E-state index is -0.243. The van der Waals surface area contributed by atoms with E-state index in [1.54, 1.807) is 11.3 Å². The van der Waals surface area contributed by atoms with E-state index in [0.29, 0.717) is 10.6 Å². The highest BCUT2D eigenvalue weighted by atomic mass is 32.1. The fourth-order valence-corrected chi connectivity index (χ4v) is 3.83. The maximum absolute atomic E-state index is 12.1. The molecular formula is C16H14O4S. The highest BCUT2D eigenvalue weighted by molar-refractivity contribution is 7.14. The predicted molar refractivity (Wildman–Crippen MR) is 78.0 cm³/mol. The third-order valence-electron chi connectivity index (χ3n) is 3.75. The summed E-state index contributed by atoms with van der Waals surface area (Å²) in [6, 6.07) is 7.55. The van der Waals surface area contributed by atoms with Gasteiger partial charge >= 0.3 is 5.97 Å². The number of carbonyl (C=O) groups is 1. The summed E-state index contributed by atoms with van der Waals surface area (Å²) in [5.74, 6) is 1.20. The average molecular weight is 302 g/mol. The lowest BCUT2D eigenvalue weighted by atomic mass is 10.2. The van der Waals surface area contributed by atoms with Crippen LogP contribution in [0.15, 0.2) is 24.3 Å². The summed E-state index contributed by atoms with van der Waals surface area (Å²) in [6.07, 6.45) is 3.38. The minimum absolute atomic E-state index is 0.243. The van der Waals surface area contributed by atoms with E-state index >= 15 is 0 Å². The topological polar surface area (TPSA) is 44.8 Å². The Morgan fingerprint density at radius 2 is 2.10 bits per heavy atom. The molecule has 21 heavy (non-hydrogen) atoms. The number of rotatable bonds is 3. The normalized spacial score (nSPS) is 15.0. The van der Waals surface area contributed by atoms with E-state index in [9.17, 15) is 4.79 Å². The molecule has 1 aliphatic carbocycles. The molecule has 1 aromatic carbocycles. The summed E-state index contributed by atoms with van der Waals surface area (Å²) < 4.78 is 16.0. The first-order valence-electron chi connectivity index (χ1n) is 6.97. The second kappa shape index (κ2) is 5.07. The molecule has 0 atom stereocenters. The van der Waals surface area contributed by atoms with Gasteiger partial charge in [-0.25, -0.2) is 4.79 Å². The predicted octanol–water partition coefficient (Wildman–Crippen LogP) is 3.32. The van der Waals surface area contributed by atoms with Crippen LogP contribution in [0.25, 0.3) is 0 Å². The summed E-state index contributed by atoms with van der Waals surface area (Å²) in [6.45, 7) is 0.497. The second-order valence-corrected chi connectivity index (χ2v) is 6.31. The Hall–Kier alpha value is -2.01. The third-order valence-corrected chi connectivity index (χ3v) is 4.97. The summed E-state index contributed by atoms with van der Waals surface area (Å²) in [5.41, 5.74) is 2.21. The molecule has 4 nitrogen and oxygen atoms in total. The van der Waals surface area contributed by atoms with Crippen molar-refractivity contribution in [3.63, 3.8) is 0 Å². The lowest BCUT2D eigenvalue weighted by Crippen LogP contribution is -2.03. The van der Waals surface area contributed by atoms with Crippen LogP contribution in [-0.2, 0) is 24.2 Å². The second-order valence-electron chi connectivity index (χ2n) is 5.18. The van der Waals surface area contributed by atoms with E-state index in [1.165, 1.54) is 16.9 Å². The Bertz CT molecular complexity index is 683. The molecule has 0 bridgehead atoms. The van der Waals surface area contributed by atoms with Crippen LogP contribution in [-0.4, -0.2) is 12.8 Å². The van der Waals surface area contributed by atoms with Gasteiger partial charge in [-0.05, 0) is 48.6 Å². The minimum Gasteiger partial charge on any atom is -0.457 e. The van der Waals surface area contributed by atoms with Crippen LogP contribution in [0.1, 0.15) is 32.1 Å². The molecule has 0 spiro atoms. The lowest BCUT2D eigenvalue weighted by molar-refractivity contribution is 0.0478. The molecule has 1 aliphatic heterocycles. The first-order chi connectivity index (χ1) is 10.3. The summed E-state index contributed by atoms with van der Waals surface area (Å²) in [7, 11) is 0. The van der Waals surface area contributed by atoms with Crippen molar-refractivity contribution in [3.05, 3.63) is 45.1 Å². The Kier molecular flexibility index (Phi) is 3.07. The number of hydrogen-bond donors (Lipinski definition) is 0. The number of thiophene rings is 1. The van der Waals surface area contributed by atoms with Crippen LogP contribution >= 0.6 is 11.3 Å². The van der Waals surface area contributed by atoms with Crippen molar-refractivity contribution < 1.29 is 19.0 Å². The molecule has 0 fully saturated rings. The van der Waals surface area contributed by atoms with Crippen LogP contribution in [0.5, 0.6) is 11.5 Å². The Balaban J connectivity index is 1.43. The summed E-state index contributed by atoms with van der Waals surface area (Å²) >= 11 is 1.57. The summed E-state index contributed by atoms with van der Waals surface area (Å²) in [5, 5.41) is 0. The van der Waals surface area contributed by atoms with Gasteiger partial charge in [-0.1, -0.05) is 6.07 Å². The number of fused-ring (bicyclic) bond motifs is 2. The van der Waals surface area contributed by atoms with Crippen molar-refractivity contribution in [1.29, 1.82) is 0 Å². The molecule has 0 unspecified atom stereocenters. The van der Waals surface area contributed by atoms with Crippen molar-refractivity contribution in [2.24, 2.45) is 0 Å². The molecule has 2 aliphatic rings. The van der Waals surface area contributed by atoms with Gasteiger partial charge in [0, 0.05) is 4.88 Å². The maximum atomic E-state index is 12.1. The number of ether oxygens (including phenoxy) is 3. The van der Waals surface area contributed by atoms with Gasteiger partial charge in [0.15, 0.2) is 11.5 Å². The van der Waals surface area contributed by atoms with Gasteiger partial charge in [-0.2, -0.15) is 0 Å². The highest BCUT2D eigenvalue weighted by Crippen LogP contribution is 2.33. The van der Waals surface area contributed by atoms with E-state index in [2.05, 4.69) is 0 Å². The molecular weight excluding hydrogens is 288 g/mol. The monoisotopic (exact) mass is 302 g/mol. The molecule has 4 rings (SSSR count). The Morgan fingerprint density at radius 3 is 3.00 bits per heavy atom.